The van der Waals surface area contributed by atoms with Crippen LogP contribution in [0.25, 0.3) is 0 Å². The maximum Gasteiger partial charge on any atom is 0.243 e. The molecule has 0 atom stereocenters. The summed E-state index contributed by atoms with van der Waals surface area (Å²) in [5, 5.41) is 0.710. The van der Waals surface area contributed by atoms with Crippen molar-refractivity contribution in [3.63, 3.8) is 0 Å². The maximum absolute atomic E-state index is 7.30. The van der Waals surface area contributed by atoms with Crippen LogP contribution in [0, 0.1) is 427 Å². The Morgan fingerprint density at radius 3 is 0.944 bits per heavy atom. The monoisotopic (exact) mass is 1350 g/mol. The third-order valence-corrected chi connectivity index (χ3v) is 12.9. The number of halogens is 1. The van der Waals surface area contributed by atoms with E-state index >= 15 is 0 Å². The molecule has 2 aromatic rings. The largest absolute Gasteiger partial charge is 0.272 e. The highest BCUT2D eigenvalue weighted by molar-refractivity contribution is 6.32. The molecule has 0 fully saturated rings. The lowest BCUT2D eigenvalue weighted by molar-refractivity contribution is -0.332. The van der Waals surface area contributed by atoms with E-state index in [0.29, 0.717) is 5.03 Å². The van der Waals surface area contributed by atoms with Gasteiger partial charge in [-0.1, -0.05) is 85.8 Å². The molecular formula is C104H36ClN2+. The molecular weight excluding hydrogens is 1310 g/mol. The van der Waals surface area contributed by atoms with Gasteiger partial charge in [-0.2, -0.15) is 0 Å². The van der Waals surface area contributed by atoms with Crippen LogP contribution in [0.15, 0.2) is 94.7 Å². The second kappa shape index (κ2) is 50.7. The smallest absolute Gasteiger partial charge is 0.243 e. The summed E-state index contributed by atoms with van der Waals surface area (Å²) in [6.45, 7) is 12.1. The summed E-state index contributed by atoms with van der Waals surface area (Å²) in [6.07, 6.45) is 11.0. The van der Waals surface area contributed by atoms with Gasteiger partial charge in [0.05, 0.1) is 17.0 Å². The van der Waals surface area contributed by atoms with Crippen molar-refractivity contribution < 1.29 is 4.58 Å². The van der Waals surface area contributed by atoms with E-state index in [9.17, 15) is 0 Å². The van der Waals surface area contributed by atoms with Gasteiger partial charge < -0.3 is 0 Å². The van der Waals surface area contributed by atoms with Crippen molar-refractivity contribution >= 4 is 28.7 Å². The van der Waals surface area contributed by atoms with E-state index in [4.69, 9.17) is 11.6 Å². The molecule has 2 aromatic carbocycles. The summed E-state index contributed by atoms with van der Waals surface area (Å²) in [4.78, 5) is 1.98. The van der Waals surface area contributed by atoms with E-state index in [-0.39, 0.29) is 10.8 Å². The molecule has 0 spiro atoms. The summed E-state index contributed by atoms with van der Waals surface area (Å²) >= 11 is 7.30. The number of rotatable bonds is 3. The lowest BCUT2D eigenvalue weighted by Crippen LogP contribution is -2.26. The van der Waals surface area contributed by atoms with E-state index < -0.39 is 0 Å². The second-order valence-electron chi connectivity index (χ2n) is 19.8. The summed E-state index contributed by atoms with van der Waals surface area (Å²) in [6, 6.07) is 22.9. The van der Waals surface area contributed by atoms with Gasteiger partial charge in [-0.25, -0.2) is 0 Å². The lowest BCUT2D eigenvalue weighted by atomic mass is 9.81. The molecule has 0 N–H and O–H groups in total. The number of hydrogen-bond donors (Lipinski definition) is 0. The van der Waals surface area contributed by atoms with Gasteiger partial charge in [-0.15, -0.1) is 4.58 Å². The summed E-state index contributed by atoms with van der Waals surface area (Å²) < 4.78 is 1.98. The Morgan fingerprint density at radius 2 is 0.607 bits per heavy atom. The van der Waals surface area contributed by atoms with Gasteiger partial charge in [-0.3, -0.25) is 4.90 Å². The quantitative estimate of drug-likeness (QED) is 0.220. The predicted molar refractivity (Wildman–Crippen MR) is 430 cm³/mol. The fourth-order valence-electron chi connectivity index (χ4n) is 8.16. The Balaban J connectivity index is 1.16. The number of allylic oxidation sites excluding steroid dienone is 8. The average Bonchev–Trinajstić information content (AvgIpc) is 1.61. The second-order valence-corrected chi connectivity index (χ2v) is 20.2. The molecule has 468 valence electrons. The van der Waals surface area contributed by atoms with Crippen LogP contribution in [-0.4, -0.2) is 10.3 Å². The van der Waals surface area contributed by atoms with Crippen molar-refractivity contribution in [2.24, 2.45) is 0 Å². The predicted octanol–water partition coefficient (Wildman–Crippen LogP) is 8.98. The minimum Gasteiger partial charge on any atom is -0.272 e. The van der Waals surface area contributed by atoms with Crippen LogP contribution in [0.3, 0.4) is 0 Å². The molecule has 1 aliphatic carbocycles. The van der Waals surface area contributed by atoms with Crippen molar-refractivity contribution in [3.05, 3.63) is 106 Å². The fraction of sp³-hybridized carbons (Fsp3) is 0.106. The molecule has 107 heavy (non-hydrogen) atoms. The Bertz CT molecular complexity index is 6930. The highest BCUT2D eigenvalue weighted by Crippen LogP contribution is 2.48. The minimum atomic E-state index is -0.382. The van der Waals surface area contributed by atoms with Crippen molar-refractivity contribution in [2.75, 3.05) is 4.90 Å². The van der Waals surface area contributed by atoms with E-state index in [0.717, 1.165) is 64.3 Å². The van der Waals surface area contributed by atoms with E-state index in [1.54, 1.807) is 13.8 Å². The number of anilines is 1. The Hall–Kier alpha value is -18.7. The number of hydrogen-bond acceptors (Lipinski definition) is 1. The fourth-order valence-corrected chi connectivity index (χ4v) is 8.47. The third-order valence-electron chi connectivity index (χ3n) is 12.5. The highest BCUT2D eigenvalue weighted by Gasteiger charge is 2.44. The highest BCUT2D eigenvalue weighted by atomic mass is 35.5. The zero-order valence-corrected chi connectivity index (χ0v) is 58.6. The van der Waals surface area contributed by atoms with Gasteiger partial charge in [0.25, 0.3) is 0 Å². The van der Waals surface area contributed by atoms with Crippen LogP contribution in [0.2, 0.25) is 0 Å². The van der Waals surface area contributed by atoms with Crippen LogP contribution < -0.4 is 4.90 Å². The Morgan fingerprint density at radius 1 is 0.318 bits per heavy atom. The molecule has 0 saturated carbocycles. The molecule has 0 unspecified atom stereocenters. The summed E-state index contributed by atoms with van der Waals surface area (Å²) in [5.41, 5.74) is 7.45. The van der Waals surface area contributed by atoms with Gasteiger partial charge in [0.15, 0.2) is 0 Å². The molecule has 0 amide bonds. The number of nitrogens with zero attached hydrogens (tertiary/aromatic N) is 2. The minimum absolute atomic E-state index is 0.382. The Labute approximate surface area is 637 Å². The zero-order valence-electron chi connectivity index (χ0n) is 57.8. The topological polar surface area (TPSA) is 6.25 Å². The number of benzene rings is 2. The van der Waals surface area contributed by atoms with Gasteiger partial charge in [0.1, 0.15) is 0 Å². The molecule has 5 rings (SSSR count). The van der Waals surface area contributed by atoms with Crippen LogP contribution in [-0.2, 0) is 10.8 Å². The standard InChI is InChI=1S/C104H36ClN2/c1-7-9-11-13-15-17-19-21-23-25-27-29-31-33-35-37-39-41-43-45-47-49-51-53-55-57-59-61-63-65-67-69-71-73-79-92-106-98-86-77-75-84-96(98)103(3,4)100(106)90-88-94-82-81-83-95(102(94)105)89-91-101-104(5,6)97-85-76-78-87-99(97)107(101)93-80-74-72-70-68-66-64-62-60-58-56-54-52-50-48-46-44-42-40-38-36-34-32-30-28-26-24-22-20-18-16-14-12-10-8-2/h75-78,84-91H,81-83H2,1-6H3/q+1. The first-order valence-electron chi connectivity index (χ1n) is 30.7. The van der Waals surface area contributed by atoms with Crippen LogP contribution in [0.1, 0.15) is 71.9 Å². The third kappa shape index (κ3) is 31.8. The lowest BCUT2D eigenvalue weighted by Gasteiger charge is -2.23. The van der Waals surface area contributed by atoms with Crippen molar-refractivity contribution in [1.29, 1.82) is 0 Å². The molecule has 3 heteroatoms. The molecule has 2 aliphatic heterocycles. The molecule has 0 bridgehead atoms. The Kier molecular flexibility index (Phi) is 37.4. The molecule has 0 aromatic heterocycles. The van der Waals surface area contributed by atoms with Crippen molar-refractivity contribution in [2.45, 2.75) is 71.6 Å². The van der Waals surface area contributed by atoms with E-state index in [1.165, 1.54) is 0 Å². The molecule has 2 nitrogen and oxygen atoms in total. The van der Waals surface area contributed by atoms with E-state index in [2.05, 4.69) is 503 Å². The van der Waals surface area contributed by atoms with Gasteiger partial charge in [-0.05, 0) is 171 Å². The molecule has 0 saturated heterocycles. The van der Waals surface area contributed by atoms with Gasteiger partial charge in [0, 0.05) is 342 Å². The normalized spacial score (nSPS) is 10.3. The van der Waals surface area contributed by atoms with Gasteiger partial charge >= 0.3 is 0 Å². The number of para-hydroxylation sites is 2. The van der Waals surface area contributed by atoms with Crippen LogP contribution in [0.5, 0.6) is 0 Å². The molecule has 2 heterocycles. The molecule has 0 radical (unpaired) electrons. The van der Waals surface area contributed by atoms with Gasteiger partial charge in [0.2, 0.25) is 17.4 Å². The first kappa shape index (κ1) is 79.0. The first-order chi connectivity index (χ1) is 52.7. The van der Waals surface area contributed by atoms with Crippen molar-refractivity contribution in [1.82, 2.24) is 0 Å². The zero-order chi connectivity index (χ0) is 75.9. The molecule has 3 aliphatic rings. The summed E-state index contributed by atoms with van der Waals surface area (Å²) in [7, 11) is 0. The van der Waals surface area contributed by atoms with Crippen molar-refractivity contribution in [3.8, 4) is 427 Å². The number of fused-ring (bicyclic) bond motifs is 2. The first-order valence-corrected chi connectivity index (χ1v) is 31.1. The summed E-state index contributed by atoms with van der Waals surface area (Å²) in [5.74, 6) is 181. The van der Waals surface area contributed by atoms with Crippen LogP contribution in [0.4, 0.5) is 11.4 Å². The van der Waals surface area contributed by atoms with Crippen LogP contribution >= 0.6 is 11.6 Å². The average molecular weight is 1350 g/mol. The maximum atomic E-state index is 7.30. The van der Waals surface area contributed by atoms with E-state index in [1.807, 2.05) is 33.7 Å². The SMILES string of the molecule is CC#CC#CC#CC#CC#CC#CC#CC#CC#CC#CC#CC#CC#CC#CC#CC#CC#CC#CN1/C(=C/C=C2\CCCC(/C=C/C3=[N+](C#CC#CC#CC#CC#CC#CC#CC#CC#CC#CC#CC#CC#CC#CC#CC#CC#CC#CC)c4ccccc4C3(C)C)=C2Cl)C(C)(C)c2ccccc21.